The highest BCUT2D eigenvalue weighted by molar-refractivity contribution is 5.94. The zero-order valence-electron chi connectivity index (χ0n) is 26.3. The number of aldehydes is 1. The van der Waals surface area contributed by atoms with E-state index < -0.39 is 53.9 Å². The van der Waals surface area contributed by atoms with Crippen molar-refractivity contribution in [3.05, 3.63) is 71.8 Å². The van der Waals surface area contributed by atoms with Gasteiger partial charge in [-0.3, -0.25) is 19.2 Å². The highest BCUT2D eigenvalue weighted by atomic mass is 16.5. The molecule has 6 N–H and O–H groups in total. The van der Waals surface area contributed by atoms with E-state index in [2.05, 4.69) is 21.3 Å². The zero-order valence-corrected chi connectivity index (χ0v) is 26.3. The van der Waals surface area contributed by atoms with Crippen LogP contribution in [0.3, 0.4) is 0 Å². The van der Waals surface area contributed by atoms with Crippen LogP contribution in [-0.4, -0.2) is 60.2 Å². The number of primary amides is 1. The molecular formula is C33H45N5O7. The first-order valence-electron chi connectivity index (χ1n) is 15.0. The molecule has 0 aliphatic heterocycles. The Morgan fingerprint density at radius 1 is 0.756 bits per heavy atom. The summed E-state index contributed by atoms with van der Waals surface area (Å²) >= 11 is 0. The molecule has 12 heteroatoms. The van der Waals surface area contributed by atoms with E-state index in [-0.39, 0.29) is 44.1 Å². The van der Waals surface area contributed by atoms with Gasteiger partial charge in [-0.15, -0.1) is 0 Å². The predicted molar refractivity (Wildman–Crippen MR) is 168 cm³/mol. The smallest absolute Gasteiger partial charge is 0.408 e. The summed E-state index contributed by atoms with van der Waals surface area (Å²) in [6.45, 7) is 7.29. The lowest BCUT2D eigenvalue weighted by atomic mass is 9.99. The van der Waals surface area contributed by atoms with Gasteiger partial charge in [-0.05, 0) is 35.8 Å². The zero-order chi connectivity index (χ0) is 33.4. The second-order valence-corrected chi connectivity index (χ2v) is 11.6. The first-order chi connectivity index (χ1) is 21.4. The number of nitrogens with one attached hydrogen (secondary N) is 4. The van der Waals surface area contributed by atoms with Crippen molar-refractivity contribution in [3.63, 3.8) is 0 Å². The van der Waals surface area contributed by atoms with Crippen LogP contribution in [0, 0.1) is 11.8 Å². The molecule has 4 atom stereocenters. The second kappa shape index (κ2) is 18.8. The Hall–Kier alpha value is -4.74. The summed E-state index contributed by atoms with van der Waals surface area (Å²) in [5, 5.41) is 10.6. The molecular weight excluding hydrogens is 578 g/mol. The average molecular weight is 624 g/mol. The lowest BCUT2D eigenvalue weighted by Gasteiger charge is -2.27. The molecule has 0 saturated heterocycles. The van der Waals surface area contributed by atoms with Gasteiger partial charge in [0.05, 0.1) is 6.04 Å². The first-order valence-corrected chi connectivity index (χ1v) is 15.0. The number of ether oxygens (including phenoxy) is 1. The van der Waals surface area contributed by atoms with Crippen molar-refractivity contribution in [2.45, 2.75) is 84.2 Å². The maximum atomic E-state index is 13.6. The molecule has 2 rings (SSSR count). The molecule has 0 aliphatic rings. The lowest BCUT2D eigenvalue weighted by molar-refractivity contribution is -0.133. The molecule has 0 fully saturated rings. The van der Waals surface area contributed by atoms with Gasteiger partial charge in [-0.2, -0.15) is 0 Å². The first kappa shape index (κ1) is 36.5. The third-order valence-electron chi connectivity index (χ3n) is 6.88. The SMILES string of the molecule is CC(C)C[C@H](NC(=O)[C@@H](NC(=O)OCc1ccccc1)C(C)C)C(=O)N[C@@H](Cc1ccccc1)C(=O)N[C@H](C=O)CCC(N)=O. The van der Waals surface area contributed by atoms with Crippen LogP contribution in [0.5, 0.6) is 0 Å². The largest absolute Gasteiger partial charge is 0.445 e. The van der Waals surface area contributed by atoms with Gasteiger partial charge in [-0.1, -0.05) is 88.4 Å². The van der Waals surface area contributed by atoms with Gasteiger partial charge < -0.3 is 36.5 Å². The van der Waals surface area contributed by atoms with Crippen molar-refractivity contribution in [1.82, 2.24) is 21.3 Å². The van der Waals surface area contributed by atoms with E-state index in [1.807, 2.05) is 38.1 Å². The van der Waals surface area contributed by atoms with Crippen molar-refractivity contribution in [2.75, 3.05) is 0 Å². The number of nitrogens with two attached hydrogens (primary N) is 1. The number of hydrogen-bond donors (Lipinski definition) is 5. The minimum atomic E-state index is -1.10. The van der Waals surface area contributed by atoms with Crippen LogP contribution in [0.2, 0.25) is 0 Å². The van der Waals surface area contributed by atoms with E-state index in [9.17, 15) is 28.8 Å². The van der Waals surface area contributed by atoms with E-state index in [1.165, 1.54) is 0 Å². The third kappa shape index (κ3) is 13.6. The number of alkyl carbamates (subject to hydrolysis) is 1. The van der Waals surface area contributed by atoms with Gasteiger partial charge in [-0.25, -0.2) is 4.79 Å². The molecule has 5 amide bonds. The summed E-state index contributed by atoms with van der Waals surface area (Å²) in [5.41, 5.74) is 6.72. The van der Waals surface area contributed by atoms with Gasteiger partial charge in [0, 0.05) is 12.8 Å². The molecule has 0 unspecified atom stereocenters. The van der Waals surface area contributed by atoms with Crippen LogP contribution >= 0.6 is 0 Å². The van der Waals surface area contributed by atoms with Crippen molar-refractivity contribution in [2.24, 2.45) is 17.6 Å². The maximum absolute atomic E-state index is 13.6. The fourth-order valence-corrected chi connectivity index (χ4v) is 4.48. The Kier molecular flexibility index (Phi) is 15.2. The van der Waals surface area contributed by atoms with Gasteiger partial charge in [0.15, 0.2) is 0 Å². The third-order valence-corrected chi connectivity index (χ3v) is 6.88. The maximum Gasteiger partial charge on any atom is 0.408 e. The van der Waals surface area contributed by atoms with Gasteiger partial charge >= 0.3 is 6.09 Å². The van der Waals surface area contributed by atoms with Gasteiger partial charge in [0.1, 0.15) is 31.0 Å². The Balaban J connectivity index is 2.17. The normalized spacial score (nSPS) is 13.6. The summed E-state index contributed by atoms with van der Waals surface area (Å²) < 4.78 is 5.28. The Bertz CT molecular complexity index is 1270. The number of amides is 5. The molecule has 45 heavy (non-hydrogen) atoms. The molecule has 12 nitrogen and oxygen atoms in total. The van der Waals surface area contributed by atoms with E-state index in [4.69, 9.17) is 10.5 Å². The van der Waals surface area contributed by atoms with Crippen molar-refractivity contribution in [3.8, 4) is 0 Å². The monoisotopic (exact) mass is 623 g/mol. The van der Waals surface area contributed by atoms with Crippen molar-refractivity contribution >= 4 is 36.0 Å². The average Bonchev–Trinajstić information content (AvgIpc) is 3.00. The highest BCUT2D eigenvalue weighted by Crippen LogP contribution is 2.11. The molecule has 0 aliphatic carbocycles. The van der Waals surface area contributed by atoms with Crippen LogP contribution < -0.4 is 27.0 Å². The fourth-order valence-electron chi connectivity index (χ4n) is 4.48. The van der Waals surface area contributed by atoms with E-state index in [0.29, 0.717) is 6.29 Å². The molecule has 0 aromatic heterocycles. The molecule has 2 aromatic carbocycles. The lowest BCUT2D eigenvalue weighted by Crippen LogP contribution is -2.58. The van der Waals surface area contributed by atoms with Crippen LogP contribution in [0.25, 0.3) is 0 Å². The summed E-state index contributed by atoms with van der Waals surface area (Å²) in [4.78, 5) is 75.6. The molecule has 2 aromatic rings. The van der Waals surface area contributed by atoms with Crippen LogP contribution in [0.15, 0.2) is 60.7 Å². The summed E-state index contributed by atoms with van der Waals surface area (Å²) in [7, 11) is 0. The fraction of sp³-hybridized carbons (Fsp3) is 0.455. The molecule has 0 radical (unpaired) electrons. The number of benzene rings is 2. The molecule has 0 bridgehead atoms. The Morgan fingerprint density at radius 2 is 1.31 bits per heavy atom. The van der Waals surface area contributed by atoms with Crippen molar-refractivity contribution in [1.29, 1.82) is 0 Å². The molecule has 0 spiro atoms. The summed E-state index contributed by atoms with van der Waals surface area (Å²) in [5.74, 6) is -2.80. The number of carbonyl (C=O) groups excluding carboxylic acids is 6. The van der Waals surface area contributed by atoms with E-state index in [0.717, 1.165) is 11.1 Å². The van der Waals surface area contributed by atoms with Crippen LogP contribution in [0.4, 0.5) is 4.79 Å². The minimum Gasteiger partial charge on any atom is -0.445 e. The highest BCUT2D eigenvalue weighted by Gasteiger charge is 2.32. The predicted octanol–water partition coefficient (Wildman–Crippen LogP) is 2.15. The van der Waals surface area contributed by atoms with E-state index in [1.54, 1.807) is 50.2 Å². The molecule has 244 valence electrons. The Labute approximate surface area is 264 Å². The standard InChI is InChI=1S/C33H45N5O7/c1-21(2)17-26(37-32(43)29(22(3)4)38-33(44)45-20-24-13-9-6-10-14-24)31(42)36-27(18-23-11-7-5-8-12-23)30(41)35-25(19-39)15-16-28(34)40/h5-14,19,21-22,25-27,29H,15-18,20H2,1-4H3,(H2,34,40)(H,35,41)(H,36,42)(H,37,43)(H,38,44)/t25-,26-,27-,29-/m0/s1. The topological polar surface area (TPSA) is 186 Å². The van der Waals surface area contributed by atoms with Gasteiger partial charge in [0.25, 0.3) is 0 Å². The number of hydrogen-bond acceptors (Lipinski definition) is 7. The quantitative estimate of drug-likeness (QED) is 0.157. The Morgan fingerprint density at radius 3 is 1.84 bits per heavy atom. The van der Waals surface area contributed by atoms with Crippen LogP contribution in [0.1, 0.15) is 58.1 Å². The molecule has 0 heterocycles. The second-order valence-electron chi connectivity index (χ2n) is 11.6. The van der Waals surface area contributed by atoms with E-state index >= 15 is 0 Å². The van der Waals surface area contributed by atoms with Crippen LogP contribution in [-0.2, 0) is 41.7 Å². The summed E-state index contributed by atoms with van der Waals surface area (Å²) in [6.07, 6.45) is -0.0132. The van der Waals surface area contributed by atoms with Crippen molar-refractivity contribution < 1.29 is 33.5 Å². The molecule has 0 saturated carbocycles. The number of carbonyl (C=O) groups is 6. The van der Waals surface area contributed by atoms with Gasteiger partial charge in [0.2, 0.25) is 23.6 Å². The summed E-state index contributed by atoms with van der Waals surface area (Å²) in [6, 6.07) is 13.9. The minimum absolute atomic E-state index is 0.0139. The number of rotatable bonds is 18.